The molecule has 1 aliphatic heterocycles. The van der Waals surface area contributed by atoms with E-state index in [1.165, 1.54) is 16.8 Å². The summed E-state index contributed by atoms with van der Waals surface area (Å²) >= 11 is 8.07. The minimum absolute atomic E-state index is 0.0284. The molecule has 3 nitrogen and oxygen atoms in total. The van der Waals surface area contributed by atoms with E-state index in [1.807, 2.05) is 24.3 Å². The molecular weight excluding hydrogens is 502 g/mol. The van der Waals surface area contributed by atoms with Crippen molar-refractivity contribution in [3.8, 4) is 16.9 Å². The maximum absolute atomic E-state index is 13.7. The molecule has 0 saturated heterocycles. The van der Waals surface area contributed by atoms with Crippen LogP contribution in [0.25, 0.3) is 16.9 Å². The minimum Gasteiger partial charge on any atom is -0.370 e. The zero-order chi connectivity index (χ0) is 19.9. The fourth-order valence-corrected chi connectivity index (χ4v) is 3.97. The van der Waals surface area contributed by atoms with Gasteiger partial charge in [0.25, 0.3) is 0 Å². The summed E-state index contributed by atoms with van der Waals surface area (Å²) in [6, 6.07) is 11.6. The Balaban J connectivity index is 1.95. The molecule has 2 aromatic carbocycles. The van der Waals surface area contributed by atoms with E-state index in [1.54, 1.807) is 0 Å². The van der Waals surface area contributed by atoms with Gasteiger partial charge in [-0.1, -0.05) is 23.7 Å². The van der Waals surface area contributed by atoms with Crippen molar-refractivity contribution in [1.82, 2.24) is 9.78 Å². The Morgan fingerprint density at radius 3 is 2.54 bits per heavy atom. The summed E-state index contributed by atoms with van der Waals surface area (Å²) in [7, 11) is 0. The number of hydrogen-bond donors (Lipinski definition) is 1. The second-order valence-electron chi connectivity index (χ2n) is 6.64. The third-order valence-corrected chi connectivity index (χ3v) is 5.69. The van der Waals surface area contributed by atoms with E-state index in [4.69, 9.17) is 11.6 Å². The molecule has 8 heteroatoms. The molecule has 0 atom stereocenters. The number of nitrogens with one attached hydrogen (secondary N) is 1. The van der Waals surface area contributed by atoms with E-state index < -0.39 is 11.7 Å². The maximum Gasteiger partial charge on any atom is 0.418 e. The lowest BCUT2D eigenvalue weighted by molar-refractivity contribution is -0.137. The van der Waals surface area contributed by atoms with Gasteiger partial charge < -0.3 is 5.32 Å². The molecule has 28 heavy (non-hydrogen) atoms. The maximum atomic E-state index is 13.7. The number of hydrogen-bond acceptors (Lipinski definition) is 2. The van der Waals surface area contributed by atoms with Gasteiger partial charge in [-0.25, -0.2) is 4.68 Å². The smallest absolute Gasteiger partial charge is 0.370 e. The molecule has 0 radical (unpaired) electrons. The average Bonchev–Trinajstić information content (AvgIpc) is 2.83. The van der Waals surface area contributed by atoms with Crippen LogP contribution in [0.15, 0.2) is 42.5 Å². The van der Waals surface area contributed by atoms with E-state index >= 15 is 0 Å². The topological polar surface area (TPSA) is 29.9 Å². The molecule has 1 aliphatic rings. The quantitative estimate of drug-likeness (QED) is 0.390. The molecule has 1 N–H and O–H groups in total. The molecule has 146 valence electrons. The normalized spacial score (nSPS) is 14.3. The molecule has 0 bridgehead atoms. The van der Waals surface area contributed by atoms with Gasteiger partial charge in [0.1, 0.15) is 5.82 Å². The van der Waals surface area contributed by atoms with Crippen molar-refractivity contribution in [2.45, 2.75) is 25.4 Å². The number of benzene rings is 2. The van der Waals surface area contributed by atoms with Crippen LogP contribution in [-0.2, 0) is 12.6 Å². The Hall–Kier alpha value is -1.74. The molecular formula is C20H16ClF3IN3. The van der Waals surface area contributed by atoms with Gasteiger partial charge in [0.05, 0.1) is 16.9 Å². The summed E-state index contributed by atoms with van der Waals surface area (Å²) in [5.41, 5.74) is 1.72. The van der Waals surface area contributed by atoms with Crippen LogP contribution in [-0.4, -0.2) is 16.3 Å². The molecule has 2 heterocycles. The van der Waals surface area contributed by atoms with Gasteiger partial charge >= 0.3 is 6.18 Å². The Morgan fingerprint density at radius 2 is 1.82 bits per heavy atom. The summed E-state index contributed by atoms with van der Waals surface area (Å²) < 4.78 is 43.5. The Labute approximate surface area is 179 Å². The molecule has 0 unspecified atom stereocenters. The average molecular weight is 518 g/mol. The number of fused-ring (bicyclic) bond motifs is 1. The van der Waals surface area contributed by atoms with E-state index in [9.17, 15) is 13.2 Å². The number of halogens is 5. The van der Waals surface area contributed by atoms with E-state index in [0.29, 0.717) is 18.1 Å². The Kier molecular flexibility index (Phi) is 5.30. The van der Waals surface area contributed by atoms with Crippen LogP contribution in [0.1, 0.15) is 24.0 Å². The predicted molar refractivity (Wildman–Crippen MR) is 113 cm³/mol. The van der Waals surface area contributed by atoms with Crippen LogP contribution in [0.4, 0.5) is 19.0 Å². The van der Waals surface area contributed by atoms with Crippen LogP contribution in [0.3, 0.4) is 0 Å². The summed E-state index contributed by atoms with van der Waals surface area (Å²) in [5, 5.41) is 7.94. The van der Waals surface area contributed by atoms with Crippen LogP contribution < -0.4 is 5.32 Å². The Morgan fingerprint density at radius 1 is 1.07 bits per heavy atom. The standard InChI is InChI=1S/C20H16ClF3IN3/c21-13-6-9-17(16(11-13)20(22,23)24)28-19-15(3-1-2-10-26-19)18(27-28)12-4-7-14(25)8-5-12/h4-9,11,26H,1-3,10H2. The zero-order valence-corrected chi connectivity index (χ0v) is 17.6. The van der Waals surface area contributed by atoms with Crippen molar-refractivity contribution in [1.29, 1.82) is 0 Å². The molecule has 0 saturated carbocycles. The number of anilines is 1. The van der Waals surface area contributed by atoms with Gasteiger partial charge in [-0.3, -0.25) is 0 Å². The fourth-order valence-electron chi connectivity index (χ4n) is 3.44. The molecule has 0 spiro atoms. The van der Waals surface area contributed by atoms with Crippen molar-refractivity contribution in [2.24, 2.45) is 0 Å². The molecule has 3 aromatic rings. The molecule has 0 amide bonds. The van der Waals surface area contributed by atoms with Crippen molar-refractivity contribution in [3.05, 3.63) is 62.2 Å². The predicted octanol–water partition coefficient (Wildman–Crippen LogP) is 6.56. The highest BCUT2D eigenvalue weighted by Crippen LogP contribution is 2.39. The summed E-state index contributed by atoms with van der Waals surface area (Å²) in [6.07, 6.45) is -1.87. The summed E-state index contributed by atoms with van der Waals surface area (Å²) in [6.45, 7) is 0.694. The highest BCUT2D eigenvalue weighted by molar-refractivity contribution is 14.1. The first-order valence-corrected chi connectivity index (χ1v) is 10.3. The van der Waals surface area contributed by atoms with Crippen molar-refractivity contribution in [2.75, 3.05) is 11.9 Å². The zero-order valence-electron chi connectivity index (χ0n) is 14.7. The van der Waals surface area contributed by atoms with E-state index in [0.717, 1.165) is 40.0 Å². The summed E-state index contributed by atoms with van der Waals surface area (Å²) in [5.74, 6) is 0.624. The number of nitrogens with zero attached hydrogens (tertiary/aromatic N) is 2. The highest BCUT2D eigenvalue weighted by atomic mass is 127. The lowest BCUT2D eigenvalue weighted by Gasteiger charge is -2.16. The number of aromatic nitrogens is 2. The third kappa shape index (κ3) is 3.74. The largest absolute Gasteiger partial charge is 0.418 e. The van der Waals surface area contributed by atoms with Crippen molar-refractivity contribution < 1.29 is 13.2 Å². The molecule has 4 rings (SSSR count). The van der Waals surface area contributed by atoms with E-state index in [2.05, 4.69) is 33.0 Å². The fraction of sp³-hybridized carbons (Fsp3) is 0.250. The van der Waals surface area contributed by atoms with Gasteiger partial charge in [0.2, 0.25) is 0 Å². The van der Waals surface area contributed by atoms with Crippen molar-refractivity contribution >= 4 is 40.0 Å². The summed E-state index contributed by atoms with van der Waals surface area (Å²) in [4.78, 5) is 0. The van der Waals surface area contributed by atoms with Gasteiger partial charge in [-0.2, -0.15) is 18.3 Å². The third-order valence-electron chi connectivity index (χ3n) is 4.74. The van der Waals surface area contributed by atoms with Gasteiger partial charge in [-0.05, 0) is 72.2 Å². The van der Waals surface area contributed by atoms with Crippen LogP contribution in [0.2, 0.25) is 5.02 Å². The van der Waals surface area contributed by atoms with Crippen LogP contribution in [0, 0.1) is 3.57 Å². The van der Waals surface area contributed by atoms with Crippen LogP contribution in [0.5, 0.6) is 0 Å². The SMILES string of the molecule is FC(F)(F)c1cc(Cl)ccc1-n1nc(-c2ccc(I)cc2)c2c1NCCCC2. The first-order valence-electron chi connectivity index (χ1n) is 8.83. The number of rotatable bonds is 2. The Bertz CT molecular complexity index is 1010. The van der Waals surface area contributed by atoms with E-state index in [-0.39, 0.29) is 10.7 Å². The first-order chi connectivity index (χ1) is 13.3. The number of alkyl halides is 3. The molecule has 0 aliphatic carbocycles. The lowest BCUT2D eigenvalue weighted by Crippen LogP contribution is -2.14. The second kappa shape index (κ2) is 7.59. The first kappa shape index (κ1) is 19.6. The van der Waals surface area contributed by atoms with Gasteiger partial charge in [0, 0.05) is 26.3 Å². The molecule has 0 fully saturated rings. The molecule has 1 aromatic heterocycles. The second-order valence-corrected chi connectivity index (χ2v) is 8.32. The van der Waals surface area contributed by atoms with Gasteiger partial charge in [-0.15, -0.1) is 0 Å². The minimum atomic E-state index is -4.53. The van der Waals surface area contributed by atoms with Crippen LogP contribution >= 0.6 is 34.2 Å². The lowest BCUT2D eigenvalue weighted by atomic mass is 10.0. The van der Waals surface area contributed by atoms with Crippen molar-refractivity contribution in [3.63, 3.8) is 0 Å². The monoisotopic (exact) mass is 517 g/mol. The highest BCUT2D eigenvalue weighted by Gasteiger charge is 2.36. The van der Waals surface area contributed by atoms with Gasteiger partial charge in [0.15, 0.2) is 0 Å².